The van der Waals surface area contributed by atoms with E-state index in [0.717, 1.165) is 12.8 Å². The molecule has 0 saturated carbocycles. The summed E-state index contributed by atoms with van der Waals surface area (Å²) in [7, 11) is 0. The lowest BCUT2D eigenvalue weighted by molar-refractivity contribution is -0.135. The highest BCUT2D eigenvalue weighted by Gasteiger charge is 2.27. The fraction of sp³-hybridized carbons (Fsp3) is 0.467. The summed E-state index contributed by atoms with van der Waals surface area (Å²) in [6.07, 6.45) is 2.02. The molecule has 1 aliphatic heterocycles. The number of amides is 2. The van der Waals surface area contributed by atoms with Crippen LogP contribution in [-0.4, -0.2) is 46.7 Å². The summed E-state index contributed by atoms with van der Waals surface area (Å²) < 4.78 is 0. The minimum absolute atomic E-state index is 0.0769. The highest BCUT2D eigenvalue weighted by Crippen LogP contribution is 2.22. The van der Waals surface area contributed by atoms with Gasteiger partial charge in [0.15, 0.2) is 0 Å². The molecule has 0 spiro atoms. The van der Waals surface area contributed by atoms with E-state index >= 15 is 0 Å². The third kappa shape index (κ3) is 3.87. The third-order valence-corrected chi connectivity index (χ3v) is 3.61. The number of phenolic OH excluding ortho intramolecular Hbond substituents is 1. The number of aromatic hydroxyl groups is 1. The first-order valence-corrected chi connectivity index (χ1v) is 7.04. The van der Waals surface area contributed by atoms with Crippen LogP contribution < -0.4 is 4.90 Å². The molecule has 6 nitrogen and oxygen atoms in total. The van der Waals surface area contributed by atoms with E-state index < -0.39 is 12.5 Å². The molecule has 114 valence electrons. The van der Waals surface area contributed by atoms with Gasteiger partial charge in [0, 0.05) is 18.8 Å². The zero-order valence-corrected chi connectivity index (χ0v) is 12.0. The van der Waals surface area contributed by atoms with E-state index in [9.17, 15) is 14.7 Å². The number of aliphatic carboxylic acids is 1. The Morgan fingerprint density at radius 2 is 2.00 bits per heavy atom. The zero-order valence-electron chi connectivity index (χ0n) is 12.0. The van der Waals surface area contributed by atoms with E-state index in [1.165, 1.54) is 17.0 Å². The first-order chi connectivity index (χ1) is 9.97. The van der Waals surface area contributed by atoms with Crippen molar-refractivity contribution in [2.45, 2.75) is 19.8 Å². The van der Waals surface area contributed by atoms with Crippen LogP contribution in [0.2, 0.25) is 0 Å². The van der Waals surface area contributed by atoms with Crippen LogP contribution in [0.4, 0.5) is 10.5 Å². The highest BCUT2D eigenvalue weighted by atomic mass is 16.4. The number of urea groups is 1. The number of hydrogen-bond donors (Lipinski definition) is 2. The van der Waals surface area contributed by atoms with Gasteiger partial charge in [-0.1, -0.05) is 6.92 Å². The molecule has 1 heterocycles. The summed E-state index contributed by atoms with van der Waals surface area (Å²) in [6.45, 7) is 2.99. The predicted octanol–water partition coefficient (Wildman–Crippen LogP) is 2.14. The second-order valence-corrected chi connectivity index (χ2v) is 5.47. The molecular weight excluding hydrogens is 272 g/mol. The Balaban J connectivity index is 2.20. The van der Waals surface area contributed by atoms with Gasteiger partial charge in [-0.05, 0) is 43.0 Å². The molecule has 6 heteroatoms. The Kier molecular flexibility index (Phi) is 4.67. The van der Waals surface area contributed by atoms with Crippen LogP contribution >= 0.6 is 0 Å². The number of piperidine rings is 1. The van der Waals surface area contributed by atoms with Gasteiger partial charge in [0.2, 0.25) is 0 Å². The van der Waals surface area contributed by atoms with Crippen molar-refractivity contribution in [3.63, 3.8) is 0 Å². The van der Waals surface area contributed by atoms with Crippen molar-refractivity contribution in [3.05, 3.63) is 24.3 Å². The molecule has 2 N–H and O–H groups in total. The molecular formula is C15H20N2O4. The lowest BCUT2D eigenvalue weighted by Gasteiger charge is -2.34. The number of nitrogens with zero attached hydrogens (tertiary/aromatic N) is 2. The number of anilines is 1. The van der Waals surface area contributed by atoms with Crippen LogP contribution in [0.25, 0.3) is 0 Å². The summed E-state index contributed by atoms with van der Waals surface area (Å²) in [5.74, 6) is -0.566. The molecule has 2 rings (SSSR count). The van der Waals surface area contributed by atoms with Crippen molar-refractivity contribution in [1.29, 1.82) is 0 Å². The smallest absolute Gasteiger partial charge is 0.325 e. The van der Waals surface area contributed by atoms with Gasteiger partial charge >= 0.3 is 12.0 Å². The fourth-order valence-electron chi connectivity index (χ4n) is 2.57. The summed E-state index contributed by atoms with van der Waals surface area (Å²) in [4.78, 5) is 26.6. The van der Waals surface area contributed by atoms with Crippen LogP contribution in [0.5, 0.6) is 5.75 Å². The van der Waals surface area contributed by atoms with Crippen LogP contribution in [0, 0.1) is 5.92 Å². The number of carbonyl (C=O) groups excluding carboxylic acids is 1. The molecule has 0 aliphatic carbocycles. The number of likely N-dealkylation sites (tertiary alicyclic amines) is 1. The maximum atomic E-state index is 12.6. The van der Waals surface area contributed by atoms with E-state index in [2.05, 4.69) is 6.92 Å². The summed E-state index contributed by atoms with van der Waals surface area (Å²) in [5, 5.41) is 18.3. The maximum Gasteiger partial charge on any atom is 0.325 e. The lowest BCUT2D eigenvalue weighted by Crippen LogP contribution is -2.49. The van der Waals surface area contributed by atoms with Gasteiger partial charge in [0.1, 0.15) is 12.3 Å². The van der Waals surface area contributed by atoms with Crippen molar-refractivity contribution < 1.29 is 19.8 Å². The van der Waals surface area contributed by atoms with E-state index in [4.69, 9.17) is 5.11 Å². The largest absolute Gasteiger partial charge is 0.508 e. The van der Waals surface area contributed by atoms with Gasteiger partial charge in [-0.15, -0.1) is 0 Å². The molecule has 1 saturated heterocycles. The molecule has 1 fully saturated rings. The molecule has 21 heavy (non-hydrogen) atoms. The van der Waals surface area contributed by atoms with E-state index in [1.807, 2.05) is 0 Å². The Hall–Kier alpha value is -2.24. The van der Waals surface area contributed by atoms with Crippen molar-refractivity contribution in [1.82, 2.24) is 4.90 Å². The second-order valence-electron chi connectivity index (χ2n) is 5.47. The molecule has 1 unspecified atom stereocenters. The predicted molar refractivity (Wildman–Crippen MR) is 78.5 cm³/mol. The van der Waals surface area contributed by atoms with Crippen molar-refractivity contribution in [3.8, 4) is 5.75 Å². The normalized spacial score (nSPS) is 18.3. The Labute approximate surface area is 123 Å². The molecule has 1 aromatic rings. The van der Waals surface area contributed by atoms with Crippen molar-refractivity contribution >= 4 is 17.7 Å². The first-order valence-electron chi connectivity index (χ1n) is 7.04. The van der Waals surface area contributed by atoms with Crippen LogP contribution in [0.15, 0.2) is 24.3 Å². The molecule has 0 radical (unpaired) electrons. The first kappa shape index (κ1) is 15.2. The molecule has 0 bridgehead atoms. The van der Waals surface area contributed by atoms with E-state index in [0.29, 0.717) is 24.7 Å². The SMILES string of the molecule is CC1CCCN(C(=O)N(CC(=O)O)c2ccc(O)cc2)C1. The Morgan fingerprint density at radius 1 is 1.33 bits per heavy atom. The number of carboxylic acid groups (broad SMARTS) is 1. The minimum Gasteiger partial charge on any atom is -0.508 e. The molecule has 0 aromatic heterocycles. The average Bonchev–Trinajstić information content (AvgIpc) is 2.45. The van der Waals surface area contributed by atoms with Crippen molar-refractivity contribution in [2.75, 3.05) is 24.5 Å². The van der Waals surface area contributed by atoms with E-state index in [1.54, 1.807) is 17.0 Å². The second kappa shape index (κ2) is 6.47. The highest BCUT2D eigenvalue weighted by molar-refractivity contribution is 5.96. The molecule has 2 amide bonds. The summed E-state index contributed by atoms with van der Waals surface area (Å²) in [6, 6.07) is 5.68. The number of phenols is 1. The molecule has 1 aliphatic rings. The van der Waals surface area contributed by atoms with Crippen LogP contribution in [0.1, 0.15) is 19.8 Å². The Morgan fingerprint density at radius 3 is 2.57 bits per heavy atom. The minimum atomic E-state index is -1.07. The zero-order chi connectivity index (χ0) is 15.4. The molecule has 1 atom stereocenters. The number of benzene rings is 1. The Bertz CT molecular complexity index is 515. The van der Waals surface area contributed by atoms with Gasteiger partial charge in [-0.25, -0.2) is 4.79 Å². The number of hydrogen-bond acceptors (Lipinski definition) is 3. The maximum absolute atomic E-state index is 12.6. The monoisotopic (exact) mass is 292 g/mol. The van der Waals surface area contributed by atoms with Gasteiger partial charge in [0.25, 0.3) is 0 Å². The average molecular weight is 292 g/mol. The summed E-state index contributed by atoms with van der Waals surface area (Å²) >= 11 is 0. The number of rotatable bonds is 3. The number of carboxylic acids is 1. The standard InChI is InChI=1S/C15H20N2O4/c1-11-3-2-8-16(9-11)15(21)17(10-14(19)20)12-4-6-13(18)7-5-12/h4-7,11,18H,2-3,8-10H2,1H3,(H,19,20). The summed E-state index contributed by atoms with van der Waals surface area (Å²) in [5.41, 5.74) is 0.471. The van der Waals surface area contributed by atoms with E-state index in [-0.39, 0.29) is 11.8 Å². The quantitative estimate of drug-likeness (QED) is 0.894. The van der Waals surface area contributed by atoms with Gasteiger partial charge in [-0.2, -0.15) is 0 Å². The van der Waals surface area contributed by atoms with Gasteiger partial charge < -0.3 is 15.1 Å². The lowest BCUT2D eigenvalue weighted by atomic mass is 10.0. The third-order valence-electron chi connectivity index (χ3n) is 3.61. The van der Waals surface area contributed by atoms with Gasteiger partial charge in [0.05, 0.1) is 0 Å². The fourth-order valence-corrected chi connectivity index (χ4v) is 2.57. The molecule has 1 aromatic carbocycles. The van der Waals surface area contributed by atoms with Crippen molar-refractivity contribution in [2.24, 2.45) is 5.92 Å². The van der Waals surface area contributed by atoms with Crippen LogP contribution in [0.3, 0.4) is 0 Å². The number of carbonyl (C=O) groups is 2. The topological polar surface area (TPSA) is 81.1 Å². The van der Waals surface area contributed by atoms with Crippen LogP contribution in [-0.2, 0) is 4.79 Å². The van der Waals surface area contributed by atoms with Gasteiger partial charge in [-0.3, -0.25) is 9.69 Å².